The lowest BCUT2D eigenvalue weighted by Crippen LogP contribution is -2.15. The molecule has 0 unspecified atom stereocenters. The Kier molecular flexibility index (Phi) is 3.79. The van der Waals surface area contributed by atoms with E-state index in [1.165, 1.54) is 6.07 Å². The lowest BCUT2D eigenvalue weighted by molar-refractivity contribution is -0.385. The summed E-state index contributed by atoms with van der Waals surface area (Å²) >= 11 is 0. The molecule has 2 N–H and O–H groups in total. The van der Waals surface area contributed by atoms with Gasteiger partial charge in [0.05, 0.1) is 10.6 Å². The Hall–Kier alpha value is -3.03. The summed E-state index contributed by atoms with van der Waals surface area (Å²) in [5.74, 6) is -3.86. The third kappa shape index (κ3) is 2.94. The molecule has 2 aromatic carbocycles. The van der Waals surface area contributed by atoms with Crippen molar-refractivity contribution in [2.45, 2.75) is 0 Å². The van der Waals surface area contributed by atoms with Gasteiger partial charge in [-0.15, -0.1) is 0 Å². The molecule has 108 valence electrons. The van der Waals surface area contributed by atoms with Crippen molar-refractivity contribution < 1.29 is 23.6 Å². The average Bonchev–Trinajstić information content (AvgIpc) is 2.43. The van der Waals surface area contributed by atoms with Crippen molar-refractivity contribution in [2.75, 3.05) is 5.32 Å². The number of phenols is 1. The first kappa shape index (κ1) is 14.4. The van der Waals surface area contributed by atoms with Gasteiger partial charge in [0.15, 0.2) is 11.6 Å². The number of amides is 1. The third-order valence-corrected chi connectivity index (χ3v) is 2.62. The zero-order valence-electron chi connectivity index (χ0n) is 10.3. The summed E-state index contributed by atoms with van der Waals surface area (Å²) < 4.78 is 26.5. The summed E-state index contributed by atoms with van der Waals surface area (Å²) in [4.78, 5) is 21.9. The number of phenolic OH excluding ortho intramolecular Hbond substituents is 1. The number of rotatable bonds is 3. The molecule has 2 rings (SSSR count). The molecule has 0 spiro atoms. The summed E-state index contributed by atoms with van der Waals surface area (Å²) in [6.45, 7) is 0. The van der Waals surface area contributed by atoms with E-state index in [9.17, 15) is 28.8 Å². The Balaban J connectivity index is 2.39. The van der Waals surface area contributed by atoms with Crippen LogP contribution >= 0.6 is 0 Å². The zero-order valence-corrected chi connectivity index (χ0v) is 10.3. The van der Waals surface area contributed by atoms with Crippen molar-refractivity contribution in [3.05, 3.63) is 63.7 Å². The molecule has 2 aromatic rings. The highest BCUT2D eigenvalue weighted by Gasteiger charge is 2.22. The monoisotopic (exact) mass is 294 g/mol. The van der Waals surface area contributed by atoms with Gasteiger partial charge in [-0.3, -0.25) is 14.9 Å². The highest BCUT2D eigenvalue weighted by molar-refractivity contribution is 6.07. The van der Waals surface area contributed by atoms with Gasteiger partial charge in [0.2, 0.25) is 0 Å². The van der Waals surface area contributed by atoms with Crippen LogP contribution in [0.25, 0.3) is 0 Å². The number of nitrogens with zero attached hydrogens (tertiary/aromatic N) is 1. The molecular formula is C13H8F2N2O4. The van der Waals surface area contributed by atoms with E-state index in [-0.39, 0.29) is 5.75 Å². The molecule has 8 heteroatoms. The van der Waals surface area contributed by atoms with E-state index in [0.29, 0.717) is 0 Å². The predicted molar refractivity (Wildman–Crippen MR) is 69.1 cm³/mol. The Bertz CT molecular complexity index is 734. The molecular weight excluding hydrogens is 286 g/mol. The van der Waals surface area contributed by atoms with Crippen LogP contribution in [0.2, 0.25) is 0 Å². The van der Waals surface area contributed by atoms with Crippen LogP contribution in [0.4, 0.5) is 20.2 Å². The number of benzene rings is 2. The van der Waals surface area contributed by atoms with Crippen LogP contribution in [0.3, 0.4) is 0 Å². The van der Waals surface area contributed by atoms with Gasteiger partial charge in [0.1, 0.15) is 11.3 Å². The third-order valence-electron chi connectivity index (χ3n) is 2.62. The summed E-state index contributed by atoms with van der Waals surface area (Å²) in [7, 11) is 0. The van der Waals surface area contributed by atoms with Gasteiger partial charge >= 0.3 is 0 Å². The van der Waals surface area contributed by atoms with Gasteiger partial charge < -0.3 is 10.4 Å². The van der Waals surface area contributed by atoms with Gasteiger partial charge in [0.25, 0.3) is 11.6 Å². The minimum Gasteiger partial charge on any atom is -0.508 e. The van der Waals surface area contributed by atoms with E-state index in [2.05, 4.69) is 0 Å². The van der Waals surface area contributed by atoms with Gasteiger partial charge in [-0.05, 0) is 24.3 Å². The van der Waals surface area contributed by atoms with Crippen LogP contribution < -0.4 is 5.32 Å². The number of aromatic hydroxyl groups is 1. The molecule has 0 fully saturated rings. The summed E-state index contributed by atoms with van der Waals surface area (Å²) in [5.41, 5.74) is -1.50. The maximum absolute atomic E-state index is 13.4. The standard InChI is InChI=1S/C13H8F2N2O4/c14-9-2-1-3-10(12(9)15)16-13(19)8-6-7(18)4-5-11(8)17(20)21/h1-6,18H,(H,16,19). The molecule has 0 saturated carbocycles. The minimum atomic E-state index is -1.28. The Morgan fingerprint density at radius 1 is 1.24 bits per heavy atom. The number of nitro groups is 1. The average molecular weight is 294 g/mol. The summed E-state index contributed by atoms with van der Waals surface area (Å²) in [5, 5.41) is 22.1. The molecule has 0 atom stereocenters. The van der Waals surface area contributed by atoms with Crippen LogP contribution in [0.5, 0.6) is 5.75 Å². The Morgan fingerprint density at radius 3 is 2.62 bits per heavy atom. The fraction of sp³-hybridized carbons (Fsp3) is 0. The topological polar surface area (TPSA) is 92.5 Å². The van der Waals surface area contributed by atoms with Crippen molar-refractivity contribution in [1.82, 2.24) is 0 Å². The van der Waals surface area contributed by atoms with E-state index in [1.54, 1.807) is 0 Å². The molecule has 0 heterocycles. The predicted octanol–water partition coefficient (Wildman–Crippen LogP) is 2.83. The van der Waals surface area contributed by atoms with Crippen molar-refractivity contribution in [3.8, 4) is 5.75 Å². The highest BCUT2D eigenvalue weighted by Crippen LogP contribution is 2.25. The molecule has 0 aliphatic heterocycles. The number of halogens is 2. The van der Waals surface area contributed by atoms with Crippen LogP contribution in [-0.2, 0) is 0 Å². The maximum Gasteiger partial charge on any atom is 0.282 e. The van der Waals surface area contributed by atoms with Crippen LogP contribution in [0.15, 0.2) is 36.4 Å². The SMILES string of the molecule is O=C(Nc1cccc(F)c1F)c1cc(O)ccc1[N+](=O)[O-]. The molecule has 1 amide bonds. The highest BCUT2D eigenvalue weighted by atomic mass is 19.2. The second-order valence-corrected chi connectivity index (χ2v) is 4.01. The second-order valence-electron chi connectivity index (χ2n) is 4.01. The van der Waals surface area contributed by atoms with Crippen molar-refractivity contribution >= 4 is 17.3 Å². The van der Waals surface area contributed by atoms with Crippen LogP contribution in [0, 0.1) is 21.7 Å². The molecule has 0 saturated heterocycles. The number of carbonyl (C=O) groups is 1. The fourth-order valence-corrected chi connectivity index (χ4v) is 1.66. The number of carbonyl (C=O) groups excluding carboxylic acids is 1. The molecule has 0 aliphatic rings. The summed E-state index contributed by atoms with van der Waals surface area (Å²) in [6, 6.07) is 5.98. The largest absolute Gasteiger partial charge is 0.508 e. The molecule has 0 bridgehead atoms. The van der Waals surface area contributed by atoms with E-state index >= 15 is 0 Å². The molecule has 0 aliphatic carbocycles. The van der Waals surface area contributed by atoms with E-state index in [1.807, 2.05) is 5.32 Å². The Morgan fingerprint density at radius 2 is 1.95 bits per heavy atom. The number of nitrogens with one attached hydrogen (secondary N) is 1. The van der Waals surface area contributed by atoms with Crippen LogP contribution in [0.1, 0.15) is 10.4 Å². The smallest absolute Gasteiger partial charge is 0.282 e. The van der Waals surface area contributed by atoms with Gasteiger partial charge in [-0.25, -0.2) is 8.78 Å². The molecule has 6 nitrogen and oxygen atoms in total. The lowest BCUT2D eigenvalue weighted by Gasteiger charge is -2.07. The first-order chi connectivity index (χ1) is 9.90. The lowest BCUT2D eigenvalue weighted by atomic mass is 10.1. The number of hydrogen-bond donors (Lipinski definition) is 2. The molecule has 21 heavy (non-hydrogen) atoms. The second kappa shape index (κ2) is 5.53. The number of anilines is 1. The van der Waals surface area contributed by atoms with E-state index < -0.39 is 39.4 Å². The quantitative estimate of drug-likeness (QED) is 0.672. The van der Waals surface area contributed by atoms with Gasteiger partial charge in [-0.1, -0.05) is 6.07 Å². The normalized spacial score (nSPS) is 10.2. The van der Waals surface area contributed by atoms with Gasteiger partial charge in [0, 0.05) is 6.07 Å². The van der Waals surface area contributed by atoms with E-state index in [0.717, 1.165) is 30.3 Å². The van der Waals surface area contributed by atoms with Crippen molar-refractivity contribution in [2.24, 2.45) is 0 Å². The first-order valence-electron chi connectivity index (χ1n) is 5.63. The van der Waals surface area contributed by atoms with Crippen molar-refractivity contribution in [1.29, 1.82) is 0 Å². The van der Waals surface area contributed by atoms with Gasteiger partial charge in [-0.2, -0.15) is 0 Å². The maximum atomic E-state index is 13.4. The Labute approximate surface area is 116 Å². The number of hydrogen-bond acceptors (Lipinski definition) is 4. The summed E-state index contributed by atoms with van der Waals surface area (Å²) in [6.07, 6.45) is 0. The van der Waals surface area contributed by atoms with Crippen molar-refractivity contribution in [3.63, 3.8) is 0 Å². The fourth-order valence-electron chi connectivity index (χ4n) is 1.66. The number of nitro benzene ring substituents is 1. The molecule has 0 aromatic heterocycles. The minimum absolute atomic E-state index is 0.370. The first-order valence-corrected chi connectivity index (χ1v) is 5.63. The zero-order chi connectivity index (χ0) is 15.6. The molecule has 0 radical (unpaired) electrons. The van der Waals surface area contributed by atoms with E-state index in [4.69, 9.17) is 0 Å². The van der Waals surface area contributed by atoms with Crippen LogP contribution in [-0.4, -0.2) is 15.9 Å².